The zero-order chi connectivity index (χ0) is 14.3. The van der Waals surface area contributed by atoms with E-state index in [1.54, 1.807) is 0 Å². The molecule has 0 aliphatic heterocycles. The number of aryl methyl sites for hydroxylation is 1. The van der Waals surface area contributed by atoms with Crippen LogP contribution in [-0.2, 0) is 6.42 Å². The SMILES string of the molecule is CCCNCCC(C)(C)CCc1ccc(Cl)cc1Cl. The molecule has 0 unspecified atom stereocenters. The maximum atomic E-state index is 6.21. The summed E-state index contributed by atoms with van der Waals surface area (Å²) >= 11 is 12.1. The number of halogens is 2. The Kier molecular flexibility index (Phi) is 7.20. The first-order chi connectivity index (χ1) is 8.94. The van der Waals surface area contributed by atoms with Gasteiger partial charge in [0.15, 0.2) is 0 Å². The molecule has 0 bridgehead atoms. The molecule has 0 fully saturated rings. The van der Waals surface area contributed by atoms with Crippen LogP contribution in [0.2, 0.25) is 10.0 Å². The number of hydrogen-bond acceptors (Lipinski definition) is 1. The summed E-state index contributed by atoms with van der Waals surface area (Å²) in [5.74, 6) is 0. The van der Waals surface area contributed by atoms with Gasteiger partial charge in [-0.3, -0.25) is 0 Å². The first-order valence-corrected chi connectivity index (χ1v) is 7.85. The summed E-state index contributed by atoms with van der Waals surface area (Å²) < 4.78 is 0. The Morgan fingerprint density at radius 3 is 2.47 bits per heavy atom. The third kappa shape index (κ3) is 6.65. The van der Waals surface area contributed by atoms with E-state index >= 15 is 0 Å². The van der Waals surface area contributed by atoms with Gasteiger partial charge in [-0.2, -0.15) is 0 Å². The van der Waals surface area contributed by atoms with Crippen LogP contribution in [0.5, 0.6) is 0 Å². The van der Waals surface area contributed by atoms with Crippen molar-refractivity contribution in [1.82, 2.24) is 5.32 Å². The Labute approximate surface area is 127 Å². The van der Waals surface area contributed by atoms with Gasteiger partial charge in [-0.1, -0.05) is 50.0 Å². The first kappa shape index (κ1) is 16.8. The first-order valence-electron chi connectivity index (χ1n) is 7.09. The molecule has 0 saturated carbocycles. The molecular formula is C16H25Cl2N. The molecule has 108 valence electrons. The molecule has 0 heterocycles. The quantitative estimate of drug-likeness (QED) is 0.639. The second kappa shape index (κ2) is 8.14. The highest BCUT2D eigenvalue weighted by molar-refractivity contribution is 6.35. The van der Waals surface area contributed by atoms with Crippen LogP contribution in [0.15, 0.2) is 18.2 Å². The predicted octanol–water partition coefficient (Wildman–Crippen LogP) is 5.34. The average Bonchev–Trinajstić information content (AvgIpc) is 2.34. The summed E-state index contributed by atoms with van der Waals surface area (Å²) in [6.45, 7) is 9.05. The lowest BCUT2D eigenvalue weighted by Gasteiger charge is -2.25. The van der Waals surface area contributed by atoms with E-state index in [1.165, 1.54) is 18.4 Å². The lowest BCUT2D eigenvalue weighted by atomic mass is 9.83. The van der Waals surface area contributed by atoms with Crippen LogP contribution < -0.4 is 5.32 Å². The molecule has 1 aromatic rings. The molecule has 0 amide bonds. The number of nitrogens with one attached hydrogen (secondary N) is 1. The van der Waals surface area contributed by atoms with Crippen molar-refractivity contribution in [1.29, 1.82) is 0 Å². The molecule has 1 N–H and O–H groups in total. The van der Waals surface area contributed by atoms with E-state index in [2.05, 4.69) is 26.1 Å². The molecule has 1 rings (SSSR count). The fourth-order valence-corrected chi connectivity index (χ4v) is 2.55. The highest BCUT2D eigenvalue weighted by Gasteiger charge is 2.17. The van der Waals surface area contributed by atoms with Crippen LogP contribution in [0.1, 0.15) is 45.6 Å². The minimum absolute atomic E-state index is 0.337. The van der Waals surface area contributed by atoms with Gasteiger partial charge >= 0.3 is 0 Å². The summed E-state index contributed by atoms with van der Waals surface area (Å²) in [5.41, 5.74) is 1.53. The van der Waals surface area contributed by atoms with Gasteiger partial charge < -0.3 is 5.32 Å². The van der Waals surface area contributed by atoms with Crippen LogP contribution >= 0.6 is 23.2 Å². The smallest absolute Gasteiger partial charge is 0.0452 e. The molecule has 0 radical (unpaired) electrons. The van der Waals surface area contributed by atoms with Crippen molar-refractivity contribution in [3.63, 3.8) is 0 Å². The Morgan fingerprint density at radius 2 is 1.84 bits per heavy atom. The van der Waals surface area contributed by atoms with E-state index in [0.29, 0.717) is 10.4 Å². The fourth-order valence-electron chi connectivity index (χ4n) is 2.05. The molecule has 1 nitrogen and oxygen atoms in total. The van der Waals surface area contributed by atoms with Gasteiger partial charge in [0.05, 0.1) is 0 Å². The molecule has 19 heavy (non-hydrogen) atoms. The van der Waals surface area contributed by atoms with E-state index in [9.17, 15) is 0 Å². The number of benzene rings is 1. The van der Waals surface area contributed by atoms with Crippen molar-refractivity contribution >= 4 is 23.2 Å². The van der Waals surface area contributed by atoms with Gasteiger partial charge in [-0.15, -0.1) is 0 Å². The Balaban J connectivity index is 2.41. The molecule has 0 saturated heterocycles. The second-order valence-corrected chi connectivity index (χ2v) is 6.74. The third-order valence-corrected chi connectivity index (χ3v) is 4.08. The van der Waals surface area contributed by atoms with Crippen LogP contribution in [-0.4, -0.2) is 13.1 Å². The van der Waals surface area contributed by atoms with Gasteiger partial charge in [0.2, 0.25) is 0 Å². The fraction of sp³-hybridized carbons (Fsp3) is 0.625. The molecule has 0 aliphatic rings. The average molecular weight is 302 g/mol. The normalized spacial score (nSPS) is 11.8. The van der Waals surface area contributed by atoms with Crippen LogP contribution in [0, 0.1) is 5.41 Å². The van der Waals surface area contributed by atoms with E-state index < -0.39 is 0 Å². The number of hydrogen-bond donors (Lipinski definition) is 1. The maximum absolute atomic E-state index is 6.21. The van der Waals surface area contributed by atoms with Gasteiger partial charge in [0.25, 0.3) is 0 Å². The predicted molar refractivity (Wildman–Crippen MR) is 86.3 cm³/mol. The van der Waals surface area contributed by atoms with E-state index in [4.69, 9.17) is 23.2 Å². The maximum Gasteiger partial charge on any atom is 0.0452 e. The molecule has 0 spiro atoms. The molecule has 1 aromatic carbocycles. The molecular weight excluding hydrogens is 277 g/mol. The van der Waals surface area contributed by atoms with Gasteiger partial charge in [0, 0.05) is 10.0 Å². The van der Waals surface area contributed by atoms with Gasteiger partial charge in [-0.25, -0.2) is 0 Å². The topological polar surface area (TPSA) is 12.0 Å². The Hall–Kier alpha value is -0.240. The second-order valence-electron chi connectivity index (χ2n) is 5.90. The standard InChI is InChI=1S/C16H25Cl2N/c1-4-10-19-11-9-16(2,3)8-7-13-5-6-14(17)12-15(13)18/h5-6,12,19H,4,7-11H2,1-3H3. The minimum Gasteiger partial charge on any atom is -0.317 e. The van der Waals surface area contributed by atoms with E-state index in [1.807, 2.05) is 18.2 Å². The summed E-state index contributed by atoms with van der Waals surface area (Å²) in [6.07, 6.45) is 4.54. The molecule has 0 atom stereocenters. The van der Waals surface area contributed by atoms with E-state index in [0.717, 1.165) is 31.0 Å². The molecule has 0 aromatic heterocycles. The largest absolute Gasteiger partial charge is 0.317 e. The van der Waals surface area contributed by atoms with Crippen LogP contribution in [0.3, 0.4) is 0 Å². The van der Waals surface area contributed by atoms with Crippen LogP contribution in [0.25, 0.3) is 0 Å². The Morgan fingerprint density at radius 1 is 1.11 bits per heavy atom. The highest BCUT2D eigenvalue weighted by Crippen LogP contribution is 2.29. The number of rotatable bonds is 8. The monoisotopic (exact) mass is 301 g/mol. The van der Waals surface area contributed by atoms with Crippen molar-refractivity contribution in [3.8, 4) is 0 Å². The van der Waals surface area contributed by atoms with Crippen molar-refractivity contribution in [2.24, 2.45) is 5.41 Å². The summed E-state index contributed by atoms with van der Waals surface area (Å²) in [6, 6.07) is 5.78. The lowest BCUT2D eigenvalue weighted by Crippen LogP contribution is -2.23. The van der Waals surface area contributed by atoms with Crippen molar-refractivity contribution in [3.05, 3.63) is 33.8 Å². The summed E-state index contributed by atoms with van der Waals surface area (Å²) in [4.78, 5) is 0. The summed E-state index contributed by atoms with van der Waals surface area (Å²) in [7, 11) is 0. The summed E-state index contributed by atoms with van der Waals surface area (Å²) in [5, 5.41) is 4.95. The Bertz CT molecular complexity index is 388. The van der Waals surface area contributed by atoms with E-state index in [-0.39, 0.29) is 0 Å². The highest BCUT2D eigenvalue weighted by atomic mass is 35.5. The van der Waals surface area contributed by atoms with Crippen molar-refractivity contribution in [2.45, 2.75) is 46.5 Å². The third-order valence-electron chi connectivity index (χ3n) is 3.49. The van der Waals surface area contributed by atoms with Crippen molar-refractivity contribution < 1.29 is 0 Å². The molecule has 3 heteroatoms. The lowest BCUT2D eigenvalue weighted by molar-refractivity contribution is 0.302. The zero-order valence-electron chi connectivity index (χ0n) is 12.2. The zero-order valence-corrected chi connectivity index (χ0v) is 13.7. The van der Waals surface area contributed by atoms with Crippen LogP contribution in [0.4, 0.5) is 0 Å². The van der Waals surface area contributed by atoms with Gasteiger partial charge in [0.1, 0.15) is 0 Å². The van der Waals surface area contributed by atoms with Crippen molar-refractivity contribution in [2.75, 3.05) is 13.1 Å². The minimum atomic E-state index is 0.337. The van der Waals surface area contributed by atoms with Gasteiger partial charge in [-0.05, 0) is 61.9 Å². The molecule has 0 aliphatic carbocycles.